The van der Waals surface area contributed by atoms with Crippen LogP contribution in [0.2, 0.25) is 0 Å². The summed E-state index contributed by atoms with van der Waals surface area (Å²) in [4.78, 5) is 40.3. The molecular weight excluding hydrogens is 380 g/mol. The van der Waals surface area contributed by atoms with E-state index in [4.69, 9.17) is 4.74 Å². The Labute approximate surface area is 169 Å². The van der Waals surface area contributed by atoms with Gasteiger partial charge in [-0.3, -0.25) is 10.1 Å². The molecule has 3 heterocycles. The lowest BCUT2D eigenvalue weighted by molar-refractivity contribution is -0.127. The number of hydrogen-bond acceptors (Lipinski definition) is 5. The van der Waals surface area contributed by atoms with Crippen molar-refractivity contribution in [3.63, 3.8) is 0 Å². The van der Waals surface area contributed by atoms with Crippen LogP contribution < -0.4 is 10.6 Å². The highest BCUT2D eigenvalue weighted by Crippen LogP contribution is 2.21. The highest BCUT2D eigenvalue weighted by molar-refractivity contribution is 7.14. The van der Waals surface area contributed by atoms with Crippen molar-refractivity contribution in [3.05, 3.63) is 17.5 Å². The van der Waals surface area contributed by atoms with Gasteiger partial charge in [-0.2, -0.15) is 0 Å². The molecule has 0 bridgehead atoms. The van der Waals surface area contributed by atoms with E-state index in [1.165, 1.54) is 11.3 Å². The van der Waals surface area contributed by atoms with Crippen LogP contribution in [0.5, 0.6) is 0 Å². The lowest BCUT2D eigenvalue weighted by atomic mass is 9.96. The molecule has 28 heavy (non-hydrogen) atoms. The number of nitrogens with one attached hydrogen (secondary N) is 2. The second kappa shape index (κ2) is 9.77. The van der Waals surface area contributed by atoms with E-state index in [-0.39, 0.29) is 30.0 Å². The Morgan fingerprint density at radius 2 is 1.96 bits per heavy atom. The smallest absolute Gasteiger partial charge is 0.409 e. The fourth-order valence-electron chi connectivity index (χ4n) is 3.65. The number of ether oxygens (including phenoxy) is 1. The third-order valence-corrected chi connectivity index (χ3v) is 5.98. The zero-order chi connectivity index (χ0) is 19.9. The van der Waals surface area contributed by atoms with Gasteiger partial charge in [-0.25, -0.2) is 9.59 Å². The van der Waals surface area contributed by atoms with Crippen molar-refractivity contribution < 1.29 is 19.1 Å². The molecule has 2 saturated heterocycles. The molecule has 0 aliphatic carbocycles. The van der Waals surface area contributed by atoms with Crippen molar-refractivity contribution >= 4 is 34.4 Å². The number of nitrogens with zero attached hydrogens (tertiary/aromatic N) is 2. The van der Waals surface area contributed by atoms with Crippen LogP contribution in [0, 0.1) is 5.92 Å². The monoisotopic (exact) mass is 408 g/mol. The molecule has 154 valence electrons. The standard InChI is InChI=1S/C19H28N4O4S/c1-2-27-19(26)22-10-7-15(8-11-22)20-17(24)14-5-3-9-23(13-14)18(25)21-16-6-4-12-28-16/h4,6,12,14-15H,2-3,5,7-11,13H2,1H3,(H,20,24)(H,21,25). The molecule has 9 heteroatoms. The van der Waals surface area contributed by atoms with Crippen molar-refractivity contribution in [2.24, 2.45) is 5.92 Å². The van der Waals surface area contributed by atoms with E-state index in [1.807, 2.05) is 17.5 Å². The van der Waals surface area contributed by atoms with Gasteiger partial charge in [0, 0.05) is 32.2 Å². The molecule has 3 rings (SSSR count). The van der Waals surface area contributed by atoms with Gasteiger partial charge >= 0.3 is 12.1 Å². The Balaban J connectivity index is 1.44. The number of thiophene rings is 1. The predicted octanol–water partition coefficient (Wildman–Crippen LogP) is 2.73. The summed E-state index contributed by atoms with van der Waals surface area (Å²) in [5, 5.41) is 8.72. The first kappa shape index (κ1) is 20.4. The number of urea groups is 1. The van der Waals surface area contributed by atoms with Crippen molar-refractivity contribution in [2.45, 2.75) is 38.6 Å². The van der Waals surface area contributed by atoms with Gasteiger partial charge in [0.2, 0.25) is 5.91 Å². The van der Waals surface area contributed by atoms with E-state index in [1.54, 1.807) is 16.7 Å². The van der Waals surface area contributed by atoms with E-state index in [2.05, 4.69) is 10.6 Å². The molecule has 1 aromatic heterocycles. The van der Waals surface area contributed by atoms with E-state index in [0.29, 0.717) is 32.8 Å². The average Bonchev–Trinajstić information content (AvgIpc) is 3.22. The van der Waals surface area contributed by atoms with Crippen LogP contribution >= 0.6 is 11.3 Å². The third-order valence-electron chi connectivity index (χ3n) is 5.20. The summed E-state index contributed by atoms with van der Waals surface area (Å²) >= 11 is 1.48. The van der Waals surface area contributed by atoms with Crippen LogP contribution in [0.25, 0.3) is 0 Å². The number of carbonyl (C=O) groups excluding carboxylic acids is 3. The van der Waals surface area contributed by atoms with Crippen LogP contribution in [-0.2, 0) is 9.53 Å². The van der Waals surface area contributed by atoms with E-state index < -0.39 is 0 Å². The number of anilines is 1. The molecule has 0 aromatic carbocycles. The number of amides is 4. The van der Waals surface area contributed by atoms with Gasteiger partial charge in [0.05, 0.1) is 17.5 Å². The van der Waals surface area contributed by atoms with Crippen molar-refractivity contribution in [1.29, 1.82) is 0 Å². The molecule has 8 nitrogen and oxygen atoms in total. The second-order valence-electron chi connectivity index (χ2n) is 7.16. The summed E-state index contributed by atoms with van der Waals surface area (Å²) in [5.41, 5.74) is 0. The van der Waals surface area contributed by atoms with Gasteiger partial charge in [-0.15, -0.1) is 11.3 Å². The highest BCUT2D eigenvalue weighted by Gasteiger charge is 2.31. The van der Waals surface area contributed by atoms with Crippen LogP contribution in [0.3, 0.4) is 0 Å². The first-order chi connectivity index (χ1) is 13.6. The lowest BCUT2D eigenvalue weighted by Gasteiger charge is -2.35. The summed E-state index contributed by atoms with van der Waals surface area (Å²) in [6.07, 6.45) is 2.76. The summed E-state index contributed by atoms with van der Waals surface area (Å²) in [5.74, 6) is -0.186. The number of piperidine rings is 2. The maximum Gasteiger partial charge on any atom is 0.409 e. The average molecular weight is 409 g/mol. The molecule has 0 spiro atoms. The SMILES string of the molecule is CCOC(=O)N1CCC(NC(=O)C2CCCN(C(=O)Nc3cccs3)C2)CC1. The first-order valence-corrected chi connectivity index (χ1v) is 10.8. The van der Waals surface area contributed by atoms with Crippen LogP contribution in [0.15, 0.2) is 17.5 Å². The molecule has 2 aliphatic rings. The Hall–Kier alpha value is -2.29. The predicted molar refractivity (Wildman–Crippen MR) is 107 cm³/mol. The number of rotatable bonds is 4. The zero-order valence-corrected chi connectivity index (χ0v) is 17.0. The van der Waals surface area contributed by atoms with E-state index in [0.717, 1.165) is 30.7 Å². The molecule has 1 unspecified atom stereocenters. The largest absolute Gasteiger partial charge is 0.450 e. The Morgan fingerprint density at radius 1 is 1.18 bits per heavy atom. The molecule has 0 saturated carbocycles. The Morgan fingerprint density at radius 3 is 2.64 bits per heavy atom. The quantitative estimate of drug-likeness (QED) is 0.801. The topological polar surface area (TPSA) is 91.0 Å². The maximum atomic E-state index is 12.7. The summed E-state index contributed by atoms with van der Waals surface area (Å²) in [6, 6.07) is 3.66. The fourth-order valence-corrected chi connectivity index (χ4v) is 4.26. The first-order valence-electron chi connectivity index (χ1n) is 9.88. The minimum absolute atomic E-state index is 0.00297. The van der Waals surface area contributed by atoms with Gasteiger partial charge in [0.15, 0.2) is 0 Å². The molecule has 1 atom stereocenters. The zero-order valence-electron chi connectivity index (χ0n) is 16.2. The lowest BCUT2D eigenvalue weighted by Crippen LogP contribution is -2.51. The summed E-state index contributed by atoms with van der Waals surface area (Å²) in [6.45, 7) is 4.43. The Kier molecular flexibility index (Phi) is 7.13. The van der Waals surface area contributed by atoms with Crippen LogP contribution in [0.4, 0.5) is 14.6 Å². The maximum absolute atomic E-state index is 12.7. The molecule has 0 radical (unpaired) electrons. The van der Waals surface area contributed by atoms with E-state index >= 15 is 0 Å². The summed E-state index contributed by atoms with van der Waals surface area (Å²) in [7, 11) is 0. The van der Waals surface area contributed by atoms with Gasteiger partial charge in [0.25, 0.3) is 0 Å². The van der Waals surface area contributed by atoms with Crippen molar-refractivity contribution in [1.82, 2.24) is 15.1 Å². The van der Waals surface area contributed by atoms with Gasteiger partial charge in [-0.1, -0.05) is 0 Å². The molecule has 2 aliphatic heterocycles. The van der Waals surface area contributed by atoms with Gasteiger partial charge in [-0.05, 0) is 50.1 Å². The fraction of sp³-hybridized carbons (Fsp3) is 0.632. The minimum atomic E-state index is -0.285. The third kappa shape index (κ3) is 5.37. The molecule has 2 fully saturated rings. The molecular formula is C19H28N4O4S. The molecule has 1 aromatic rings. The highest BCUT2D eigenvalue weighted by atomic mass is 32.1. The minimum Gasteiger partial charge on any atom is -0.450 e. The molecule has 4 amide bonds. The van der Waals surface area contributed by atoms with Crippen molar-refractivity contribution in [2.75, 3.05) is 38.1 Å². The summed E-state index contributed by atoms with van der Waals surface area (Å²) < 4.78 is 5.02. The van der Waals surface area contributed by atoms with E-state index in [9.17, 15) is 14.4 Å². The van der Waals surface area contributed by atoms with Gasteiger partial charge < -0.3 is 19.9 Å². The van der Waals surface area contributed by atoms with Crippen LogP contribution in [-0.4, -0.2) is 66.7 Å². The normalized spacial score (nSPS) is 20.5. The van der Waals surface area contributed by atoms with Gasteiger partial charge in [0.1, 0.15) is 0 Å². The number of carbonyl (C=O) groups is 3. The van der Waals surface area contributed by atoms with Crippen LogP contribution in [0.1, 0.15) is 32.6 Å². The number of likely N-dealkylation sites (tertiary alicyclic amines) is 2. The van der Waals surface area contributed by atoms with Crippen molar-refractivity contribution in [3.8, 4) is 0 Å². The second-order valence-corrected chi connectivity index (χ2v) is 8.11. The molecule has 2 N–H and O–H groups in total. The Bertz CT molecular complexity index is 673. The number of hydrogen-bond donors (Lipinski definition) is 2.